The fraction of sp³-hybridized carbons (Fsp3) is 0.222. The molecule has 0 aliphatic heterocycles. The third-order valence-electron chi connectivity index (χ3n) is 1.62. The first-order valence-electron chi connectivity index (χ1n) is 3.52. The average Bonchev–Trinajstić information content (AvgIpc) is 2.03. The lowest BCUT2D eigenvalue weighted by Gasteiger charge is -2.15. The van der Waals surface area contributed by atoms with Crippen LogP contribution in [0.3, 0.4) is 0 Å². The number of hydrogen-bond acceptors (Lipinski definition) is 1. The summed E-state index contributed by atoms with van der Waals surface area (Å²) in [4.78, 5) is 0. The Labute approximate surface area is 92.5 Å². The van der Waals surface area contributed by atoms with Crippen LogP contribution in [0.4, 0.5) is 0 Å². The SMILES string of the molecule is [CH2]c1ccc(OC)cc1C(Cl)(Cl)Cl. The molecular weight excluding hydrogens is 230 g/mol. The Morgan fingerprint density at radius 3 is 2.38 bits per heavy atom. The lowest BCUT2D eigenvalue weighted by Crippen LogP contribution is -2.03. The van der Waals surface area contributed by atoms with Crippen LogP contribution in [-0.4, -0.2) is 7.11 Å². The Morgan fingerprint density at radius 2 is 1.92 bits per heavy atom. The molecule has 0 N–H and O–H groups in total. The van der Waals surface area contributed by atoms with Gasteiger partial charge in [0.05, 0.1) is 7.11 Å². The van der Waals surface area contributed by atoms with Crippen molar-refractivity contribution in [3.8, 4) is 5.75 Å². The third-order valence-corrected chi connectivity index (χ3v) is 2.23. The van der Waals surface area contributed by atoms with Crippen LogP contribution >= 0.6 is 34.8 Å². The highest BCUT2D eigenvalue weighted by atomic mass is 35.6. The molecule has 1 rings (SSSR count). The van der Waals surface area contributed by atoms with Gasteiger partial charge in [-0.3, -0.25) is 0 Å². The van der Waals surface area contributed by atoms with Crippen molar-refractivity contribution in [3.05, 3.63) is 36.2 Å². The molecule has 0 fully saturated rings. The second-order valence-corrected chi connectivity index (χ2v) is 4.80. The average molecular weight is 239 g/mol. The normalized spacial score (nSPS) is 11.5. The van der Waals surface area contributed by atoms with Crippen molar-refractivity contribution in [1.29, 1.82) is 0 Å². The molecule has 0 atom stereocenters. The zero-order valence-corrected chi connectivity index (χ0v) is 9.25. The van der Waals surface area contributed by atoms with Crippen LogP contribution in [0.25, 0.3) is 0 Å². The minimum Gasteiger partial charge on any atom is -0.497 e. The van der Waals surface area contributed by atoms with Gasteiger partial charge in [0.1, 0.15) is 5.75 Å². The van der Waals surface area contributed by atoms with E-state index in [2.05, 4.69) is 6.92 Å². The molecule has 0 aliphatic rings. The van der Waals surface area contributed by atoms with E-state index in [0.29, 0.717) is 16.9 Å². The largest absolute Gasteiger partial charge is 0.497 e. The van der Waals surface area contributed by atoms with E-state index in [-0.39, 0.29) is 0 Å². The van der Waals surface area contributed by atoms with Crippen LogP contribution in [0.2, 0.25) is 0 Å². The number of alkyl halides is 3. The Morgan fingerprint density at radius 1 is 1.31 bits per heavy atom. The molecule has 71 valence electrons. The third kappa shape index (κ3) is 2.67. The van der Waals surface area contributed by atoms with E-state index in [9.17, 15) is 0 Å². The van der Waals surface area contributed by atoms with Gasteiger partial charge in [0.2, 0.25) is 3.79 Å². The molecule has 13 heavy (non-hydrogen) atoms. The van der Waals surface area contributed by atoms with Gasteiger partial charge in [-0.2, -0.15) is 0 Å². The van der Waals surface area contributed by atoms with Gasteiger partial charge in [-0.05, 0) is 24.6 Å². The molecule has 1 nitrogen and oxygen atoms in total. The maximum atomic E-state index is 5.73. The number of rotatable bonds is 1. The molecule has 0 aromatic heterocycles. The van der Waals surface area contributed by atoms with Gasteiger partial charge in [-0.15, -0.1) is 0 Å². The van der Waals surface area contributed by atoms with Crippen LogP contribution in [-0.2, 0) is 3.79 Å². The maximum Gasteiger partial charge on any atom is 0.216 e. The van der Waals surface area contributed by atoms with Crippen LogP contribution in [0.5, 0.6) is 5.75 Å². The quantitative estimate of drug-likeness (QED) is 0.678. The second-order valence-electron chi connectivity index (χ2n) is 2.52. The maximum absolute atomic E-state index is 5.73. The molecule has 1 radical (unpaired) electrons. The zero-order chi connectivity index (χ0) is 10.1. The van der Waals surface area contributed by atoms with E-state index < -0.39 is 3.79 Å². The molecule has 0 saturated carbocycles. The summed E-state index contributed by atoms with van der Waals surface area (Å²) in [7, 11) is 1.56. The molecular formula is C9H8Cl3O. The van der Waals surface area contributed by atoms with Crippen molar-refractivity contribution < 1.29 is 4.74 Å². The predicted molar refractivity (Wildman–Crippen MR) is 56.7 cm³/mol. The second kappa shape index (κ2) is 3.95. The van der Waals surface area contributed by atoms with E-state index in [0.717, 1.165) is 0 Å². The molecule has 0 spiro atoms. The molecule has 1 aromatic rings. The van der Waals surface area contributed by atoms with Crippen molar-refractivity contribution in [2.75, 3.05) is 7.11 Å². The number of halogens is 3. The molecule has 0 amide bonds. The first-order chi connectivity index (χ1) is 5.95. The van der Waals surface area contributed by atoms with Gasteiger partial charge in [-0.25, -0.2) is 0 Å². The summed E-state index contributed by atoms with van der Waals surface area (Å²) in [6.45, 7) is 3.75. The fourth-order valence-corrected chi connectivity index (χ4v) is 1.47. The van der Waals surface area contributed by atoms with E-state index in [4.69, 9.17) is 39.5 Å². The number of methoxy groups -OCH3 is 1. The van der Waals surface area contributed by atoms with Crippen molar-refractivity contribution >= 4 is 34.8 Å². The van der Waals surface area contributed by atoms with Crippen molar-refractivity contribution in [2.24, 2.45) is 0 Å². The highest BCUT2D eigenvalue weighted by Gasteiger charge is 2.25. The highest BCUT2D eigenvalue weighted by molar-refractivity contribution is 6.66. The predicted octanol–water partition coefficient (Wildman–Crippen LogP) is 3.70. The first-order valence-corrected chi connectivity index (χ1v) is 4.65. The summed E-state index contributed by atoms with van der Waals surface area (Å²) in [5.74, 6) is 0.647. The number of hydrogen-bond donors (Lipinski definition) is 0. The van der Waals surface area contributed by atoms with Crippen molar-refractivity contribution in [3.63, 3.8) is 0 Å². The number of ether oxygens (including phenoxy) is 1. The molecule has 4 heteroatoms. The van der Waals surface area contributed by atoms with E-state index in [1.165, 1.54) is 0 Å². The molecule has 1 aromatic carbocycles. The van der Waals surface area contributed by atoms with Crippen LogP contribution in [0.1, 0.15) is 11.1 Å². The summed E-state index contributed by atoms with van der Waals surface area (Å²) in [6, 6.07) is 5.17. The molecule has 0 saturated heterocycles. The Bertz CT molecular complexity index is 304. The Hall–Kier alpha value is -0.110. The van der Waals surface area contributed by atoms with E-state index >= 15 is 0 Å². The Kier molecular flexibility index (Phi) is 3.33. The molecule has 0 bridgehead atoms. The summed E-state index contributed by atoms with van der Waals surface area (Å²) in [6.07, 6.45) is 0. The van der Waals surface area contributed by atoms with Gasteiger partial charge in [0.25, 0.3) is 0 Å². The minimum atomic E-state index is -1.45. The lowest BCUT2D eigenvalue weighted by molar-refractivity contribution is 0.414. The van der Waals surface area contributed by atoms with Crippen LogP contribution in [0.15, 0.2) is 18.2 Å². The van der Waals surface area contributed by atoms with Gasteiger partial charge < -0.3 is 4.74 Å². The first kappa shape index (κ1) is 11.0. The topological polar surface area (TPSA) is 9.23 Å². The summed E-state index contributed by atoms with van der Waals surface area (Å²) < 4.78 is 3.55. The monoisotopic (exact) mass is 237 g/mol. The fourth-order valence-electron chi connectivity index (χ4n) is 0.946. The van der Waals surface area contributed by atoms with Crippen molar-refractivity contribution in [1.82, 2.24) is 0 Å². The van der Waals surface area contributed by atoms with E-state index in [1.54, 1.807) is 25.3 Å². The van der Waals surface area contributed by atoms with Gasteiger partial charge >= 0.3 is 0 Å². The van der Waals surface area contributed by atoms with Crippen LogP contribution < -0.4 is 4.74 Å². The Balaban J connectivity index is 3.19. The lowest BCUT2D eigenvalue weighted by atomic mass is 10.1. The highest BCUT2D eigenvalue weighted by Crippen LogP contribution is 2.41. The number of benzene rings is 1. The molecule has 0 unspecified atom stereocenters. The minimum absolute atomic E-state index is 0.539. The summed E-state index contributed by atoms with van der Waals surface area (Å²) in [5.41, 5.74) is 1.22. The van der Waals surface area contributed by atoms with Crippen molar-refractivity contribution in [2.45, 2.75) is 3.79 Å². The smallest absolute Gasteiger partial charge is 0.216 e. The summed E-state index contributed by atoms with van der Waals surface area (Å²) in [5, 5.41) is 0. The van der Waals surface area contributed by atoms with Gasteiger partial charge in [0, 0.05) is 5.56 Å². The zero-order valence-electron chi connectivity index (χ0n) is 6.98. The van der Waals surface area contributed by atoms with Crippen LogP contribution in [0, 0.1) is 6.92 Å². The molecule has 0 aliphatic carbocycles. The van der Waals surface area contributed by atoms with Gasteiger partial charge in [0.15, 0.2) is 0 Å². The van der Waals surface area contributed by atoms with E-state index in [1.807, 2.05) is 0 Å². The summed E-state index contributed by atoms with van der Waals surface area (Å²) >= 11 is 17.2. The van der Waals surface area contributed by atoms with Gasteiger partial charge in [-0.1, -0.05) is 40.9 Å². The standard InChI is InChI=1S/C9H8Cl3O/c1-6-3-4-7(13-2)5-8(6)9(10,11)12/h3-5H,1H2,2H3. The molecule has 0 heterocycles.